The number of carbonyl (C=O) groups excluding carboxylic acids is 1. The van der Waals surface area contributed by atoms with E-state index in [1.165, 1.54) is 42.3 Å². The number of amides is 1. The Morgan fingerprint density at radius 1 is 1.39 bits per heavy atom. The molecule has 0 saturated heterocycles. The Morgan fingerprint density at radius 3 is 2.58 bits per heavy atom. The van der Waals surface area contributed by atoms with Gasteiger partial charge in [-0.1, -0.05) is 43.9 Å². The molecule has 0 saturated carbocycles. The number of hydrogen-bond donors (Lipinski definition) is 1. The topological polar surface area (TPSA) is 145 Å². The van der Waals surface area contributed by atoms with Crippen molar-refractivity contribution in [3.8, 4) is 5.75 Å². The number of sulfonamides is 1. The zero-order valence-electron chi connectivity index (χ0n) is 17.6. The van der Waals surface area contributed by atoms with E-state index in [4.69, 9.17) is 4.74 Å². The highest BCUT2D eigenvalue weighted by Gasteiger charge is 2.35. The first-order chi connectivity index (χ1) is 14.5. The van der Waals surface area contributed by atoms with Crippen LogP contribution in [-0.2, 0) is 14.8 Å². The molecule has 1 amide bonds. The van der Waals surface area contributed by atoms with Crippen LogP contribution in [0.5, 0.6) is 5.75 Å². The molecule has 2 aromatic rings. The number of hydrogen-bond acceptors (Lipinski definition) is 10. The second-order valence-electron chi connectivity index (χ2n) is 6.63. The second kappa shape index (κ2) is 10.2. The number of methoxy groups -OCH3 is 1. The summed E-state index contributed by atoms with van der Waals surface area (Å²) >= 11 is 2.66. The predicted octanol–water partition coefficient (Wildman–Crippen LogP) is 3.14. The number of nitrogens with one attached hydrogen (secondary N) is 1. The molecule has 1 aromatic heterocycles. The van der Waals surface area contributed by atoms with Gasteiger partial charge in [0.05, 0.1) is 18.3 Å². The summed E-state index contributed by atoms with van der Waals surface area (Å²) in [6.45, 7) is 5.62. The van der Waals surface area contributed by atoms with Gasteiger partial charge >= 0.3 is 0 Å². The maximum absolute atomic E-state index is 13.0. The first-order valence-corrected chi connectivity index (χ1v) is 12.6. The van der Waals surface area contributed by atoms with Crippen molar-refractivity contribution < 1.29 is 22.9 Å². The molecule has 0 aliphatic heterocycles. The molecular formula is C17H23N5O6S3. The van der Waals surface area contributed by atoms with Crippen molar-refractivity contribution in [3.63, 3.8) is 0 Å². The van der Waals surface area contributed by atoms with Crippen LogP contribution in [0.4, 0.5) is 16.5 Å². The van der Waals surface area contributed by atoms with E-state index in [9.17, 15) is 23.3 Å². The number of non-ortho nitro benzene ring substituents is 1. The normalized spacial score (nSPS) is 12.5. The van der Waals surface area contributed by atoms with Crippen molar-refractivity contribution in [2.24, 2.45) is 0 Å². The van der Waals surface area contributed by atoms with Gasteiger partial charge in [0.25, 0.3) is 5.69 Å². The maximum Gasteiger partial charge on any atom is 0.271 e. The van der Waals surface area contributed by atoms with E-state index in [0.717, 1.165) is 16.6 Å². The molecule has 1 heterocycles. The largest absolute Gasteiger partial charge is 0.495 e. The molecule has 1 N–H and O–H groups in total. The number of nitro groups is 1. The van der Waals surface area contributed by atoms with Crippen LogP contribution in [0.2, 0.25) is 0 Å². The van der Waals surface area contributed by atoms with Crippen LogP contribution in [-0.4, -0.2) is 54.1 Å². The molecule has 0 aliphatic carbocycles. The summed E-state index contributed by atoms with van der Waals surface area (Å²) in [6, 6.07) is 2.35. The Balaban J connectivity index is 2.45. The minimum absolute atomic E-state index is 0.0776. The number of nitro benzene ring substituents is 1. The molecule has 1 aromatic carbocycles. The lowest BCUT2D eigenvalue weighted by atomic mass is 10.1. The molecule has 0 spiro atoms. The monoisotopic (exact) mass is 489 g/mol. The molecule has 0 fully saturated rings. The minimum atomic E-state index is -4.02. The highest BCUT2D eigenvalue weighted by molar-refractivity contribution is 8.01. The van der Waals surface area contributed by atoms with Gasteiger partial charge in [-0.15, -0.1) is 10.2 Å². The molecule has 0 bridgehead atoms. The zero-order valence-corrected chi connectivity index (χ0v) is 20.0. The summed E-state index contributed by atoms with van der Waals surface area (Å²) < 4.78 is 32.0. The lowest BCUT2D eigenvalue weighted by Gasteiger charge is -2.30. The van der Waals surface area contributed by atoms with Gasteiger partial charge in [-0.3, -0.25) is 24.5 Å². The Hall–Kier alpha value is -2.45. The van der Waals surface area contributed by atoms with Crippen LogP contribution in [0.1, 0.15) is 27.2 Å². The van der Waals surface area contributed by atoms with E-state index in [1.54, 1.807) is 6.92 Å². The molecule has 0 unspecified atom stereocenters. The number of anilines is 2. The zero-order chi connectivity index (χ0) is 23.3. The van der Waals surface area contributed by atoms with E-state index in [2.05, 4.69) is 15.5 Å². The SMILES string of the molecule is CC[C@@H](C(=O)Nc1nnc(SC(C)C)s1)N(c1cc([N+](=O)[O-])ccc1OC)S(C)(=O)=O. The summed E-state index contributed by atoms with van der Waals surface area (Å²) in [7, 11) is -2.71. The van der Waals surface area contributed by atoms with Gasteiger partial charge in [-0.25, -0.2) is 8.42 Å². The van der Waals surface area contributed by atoms with Gasteiger partial charge in [-0.2, -0.15) is 0 Å². The lowest BCUT2D eigenvalue weighted by Crippen LogP contribution is -2.47. The van der Waals surface area contributed by atoms with E-state index < -0.39 is 26.9 Å². The van der Waals surface area contributed by atoms with Crippen molar-refractivity contribution >= 4 is 55.5 Å². The number of nitrogens with zero attached hydrogens (tertiary/aromatic N) is 4. The van der Waals surface area contributed by atoms with Crippen LogP contribution in [0.25, 0.3) is 0 Å². The first-order valence-electron chi connectivity index (χ1n) is 9.10. The molecule has 170 valence electrons. The average molecular weight is 490 g/mol. The molecular weight excluding hydrogens is 466 g/mol. The quantitative estimate of drug-likeness (QED) is 0.230. The van der Waals surface area contributed by atoms with Gasteiger partial charge in [-0.05, 0) is 12.5 Å². The summed E-state index contributed by atoms with van der Waals surface area (Å²) in [6.07, 6.45) is 1.01. The standard InChI is InChI=1S/C17H23N5O6S3/c1-6-12(15(23)18-16-19-20-17(30-16)29-10(2)3)21(31(5,26)27)13-9-11(22(24)25)7-8-14(13)28-4/h7-10,12H,6H2,1-5H3,(H,18,19,23)/t12-/m0/s1. The summed E-state index contributed by atoms with van der Waals surface area (Å²) in [5, 5.41) is 22.2. The van der Waals surface area contributed by atoms with Gasteiger partial charge in [0.1, 0.15) is 17.5 Å². The number of ether oxygens (including phenoxy) is 1. The van der Waals surface area contributed by atoms with Crippen molar-refractivity contribution in [2.45, 2.75) is 42.8 Å². The molecule has 0 aliphatic rings. The van der Waals surface area contributed by atoms with Crippen molar-refractivity contribution in [1.82, 2.24) is 10.2 Å². The van der Waals surface area contributed by atoms with Gasteiger partial charge < -0.3 is 4.74 Å². The van der Waals surface area contributed by atoms with Crippen molar-refractivity contribution in [1.29, 1.82) is 0 Å². The third-order valence-electron chi connectivity index (χ3n) is 3.91. The first kappa shape index (κ1) is 24.8. The third kappa shape index (κ3) is 6.27. The van der Waals surface area contributed by atoms with Gasteiger partial charge in [0.15, 0.2) is 4.34 Å². The van der Waals surface area contributed by atoms with Crippen LogP contribution in [0, 0.1) is 10.1 Å². The minimum Gasteiger partial charge on any atom is -0.495 e. The highest BCUT2D eigenvalue weighted by atomic mass is 32.2. The van der Waals surface area contributed by atoms with E-state index in [0.29, 0.717) is 4.34 Å². The Labute approximate surface area is 188 Å². The third-order valence-corrected chi connectivity index (χ3v) is 7.01. The second-order valence-corrected chi connectivity index (χ2v) is 11.3. The molecule has 2 rings (SSSR count). The van der Waals surface area contributed by atoms with Gasteiger partial charge in [0, 0.05) is 17.4 Å². The molecule has 14 heteroatoms. The van der Waals surface area contributed by atoms with Crippen LogP contribution < -0.4 is 14.4 Å². The fourth-order valence-electron chi connectivity index (χ4n) is 2.70. The number of thioether (sulfide) groups is 1. The summed E-state index contributed by atoms with van der Waals surface area (Å²) in [5.41, 5.74) is -0.436. The van der Waals surface area contributed by atoms with E-state index in [-0.39, 0.29) is 33.9 Å². The highest BCUT2D eigenvalue weighted by Crippen LogP contribution is 2.36. The lowest BCUT2D eigenvalue weighted by molar-refractivity contribution is -0.384. The molecule has 31 heavy (non-hydrogen) atoms. The van der Waals surface area contributed by atoms with Gasteiger partial charge in [0.2, 0.25) is 21.1 Å². The van der Waals surface area contributed by atoms with Crippen LogP contribution in [0.3, 0.4) is 0 Å². The fourth-order valence-corrected chi connectivity index (χ4v) is 5.88. The molecule has 0 radical (unpaired) electrons. The fraction of sp³-hybridized carbons (Fsp3) is 0.471. The van der Waals surface area contributed by atoms with E-state index in [1.807, 2.05) is 13.8 Å². The molecule has 1 atom stereocenters. The maximum atomic E-state index is 13.0. The van der Waals surface area contributed by atoms with Crippen molar-refractivity contribution in [2.75, 3.05) is 23.0 Å². The summed E-state index contributed by atoms with van der Waals surface area (Å²) in [4.78, 5) is 23.6. The van der Waals surface area contributed by atoms with Crippen LogP contribution >= 0.6 is 23.1 Å². The number of aromatic nitrogens is 2. The predicted molar refractivity (Wildman–Crippen MR) is 121 cm³/mol. The number of benzene rings is 1. The average Bonchev–Trinajstić information content (AvgIpc) is 3.10. The summed E-state index contributed by atoms with van der Waals surface area (Å²) in [5.74, 6) is -0.562. The van der Waals surface area contributed by atoms with Crippen molar-refractivity contribution in [3.05, 3.63) is 28.3 Å². The Morgan fingerprint density at radius 2 is 2.06 bits per heavy atom. The van der Waals surface area contributed by atoms with Crippen LogP contribution in [0.15, 0.2) is 22.5 Å². The Kier molecular flexibility index (Phi) is 8.20. The van der Waals surface area contributed by atoms with E-state index >= 15 is 0 Å². The number of carbonyl (C=O) groups is 1. The Bertz CT molecular complexity index is 1060. The smallest absolute Gasteiger partial charge is 0.271 e. The molecule has 11 nitrogen and oxygen atoms in total. The number of rotatable bonds is 10.